The van der Waals surface area contributed by atoms with Gasteiger partial charge in [-0.05, 0) is 241 Å². The first-order chi connectivity index (χ1) is 65.5. The Labute approximate surface area is 766 Å². The molecule has 27 rings (SSSR count). The number of benzene rings is 21. The molecule has 4 aliphatic rings. The maximum absolute atomic E-state index is 7.26. The third-order valence-corrected chi connectivity index (χ3v) is 28.9. The lowest BCUT2D eigenvalue weighted by molar-refractivity contribution is 0.669. The Morgan fingerprint density at radius 3 is 1.02 bits per heavy atom. The molecule has 4 nitrogen and oxygen atoms in total. The average molecular weight is 1680 g/mol. The van der Waals surface area contributed by atoms with E-state index in [1.54, 1.807) is 0 Å². The summed E-state index contributed by atoms with van der Waals surface area (Å²) in [5.41, 5.74) is 46.3. The number of furan rings is 1. The lowest BCUT2D eigenvalue weighted by Gasteiger charge is -2.32. The molecule has 0 saturated heterocycles. The molecule has 0 fully saturated rings. The molecule has 2 aromatic heterocycles. The standard InChI is InChI=1S/C128H81N3O/c1-3-34-83(35-4-1)90-38-7-9-40-92(90)94-42-11-13-44-96(94)104-52-21-30-62-120(104)129(87-71-75-118-109(79-87)102-50-19-28-60-116(102)127(118)112-56-24-15-46-98(112)99-47-16-25-57-113(99)127)88-73-77-122-111(81-88)105-53-22-31-63-121(105)130(122)86-69-66-82(67-70-86)85-68-74-106(97-45-14-12-43-95(97)93-41-10-8-39-91(93)84-36-5-2-6-37-84)124(78-85)131(123-64-33-55-108-107-54-23-32-65-125(107)132-126(108)123)89-72-76-119-110(80-89)103-51-20-29-61-117(103)128(119)114-58-26-17-48-100(114)101-49-18-27-59-115(101)128/h1-81H. The summed E-state index contributed by atoms with van der Waals surface area (Å²) < 4.78 is 9.73. The molecule has 614 valence electrons. The Bertz CT molecular complexity index is 8590. The van der Waals surface area contributed by atoms with E-state index in [0.29, 0.717) is 0 Å². The first-order valence-corrected chi connectivity index (χ1v) is 45.8. The van der Waals surface area contributed by atoms with Gasteiger partial charge in [0.25, 0.3) is 0 Å². The highest BCUT2D eigenvalue weighted by molar-refractivity contribution is 6.14. The molecule has 0 amide bonds. The topological polar surface area (TPSA) is 24.6 Å². The zero-order valence-corrected chi connectivity index (χ0v) is 72.0. The van der Waals surface area contributed by atoms with Crippen molar-refractivity contribution < 1.29 is 4.42 Å². The molecule has 0 unspecified atom stereocenters. The zero-order valence-electron chi connectivity index (χ0n) is 72.0. The Hall–Kier alpha value is -17.2. The van der Waals surface area contributed by atoms with Gasteiger partial charge in [0.15, 0.2) is 5.58 Å². The van der Waals surface area contributed by atoms with Gasteiger partial charge in [-0.15, -0.1) is 0 Å². The molecular formula is C128H81N3O. The van der Waals surface area contributed by atoms with E-state index in [0.717, 1.165) is 145 Å². The molecule has 21 aromatic carbocycles. The van der Waals surface area contributed by atoms with Crippen molar-refractivity contribution in [3.05, 3.63) is 536 Å². The second-order valence-electron chi connectivity index (χ2n) is 35.4. The van der Waals surface area contributed by atoms with Crippen LogP contribution in [0.1, 0.15) is 44.5 Å². The Balaban J connectivity index is 0.641. The largest absolute Gasteiger partial charge is 0.454 e. The van der Waals surface area contributed by atoms with Crippen molar-refractivity contribution in [1.29, 1.82) is 0 Å². The number of rotatable bonds is 14. The van der Waals surface area contributed by atoms with Crippen LogP contribution in [0.25, 0.3) is 172 Å². The zero-order chi connectivity index (χ0) is 86.7. The molecule has 0 saturated carbocycles. The van der Waals surface area contributed by atoms with Crippen molar-refractivity contribution in [2.24, 2.45) is 0 Å². The number of para-hydroxylation sites is 4. The average Bonchev–Trinajstić information content (AvgIpc) is 1.51. The van der Waals surface area contributed by atoms with Gasteiger partial charge in [-0.3, -0.25) is 0 Å². The molecule has 2 heterocycles. The monoisotopic (exact) mass is 1680 g/mol. The second kappa shape index (κ2) is 29.7. The summed E-state index contributed by atoms with van der Waals surface area (Å²) in [6.45, 7) is 0. The van der Waals surface area contributed by atoms with Crippen LogP contribution >= 0.6 is 0 Å². The number of hydrogen-bond acceptors (Lipinski definition) is 3. The lowest BCUT2D eigenvalue weighted by Crippen LogP contribution is -2.25. The molecule has 0 radical (unpaired) electrons. The van der Waals surface area contributed by atoms with Gasteiger partial charge >= 0.3 is 0 Å². The minimum atomic E-state index is -0.536. The SMILES string of the molecule is c1ccc(-c2ccccc2-c2ccccc2-c2ccccc2N(c2ccc3c(c2)-c2ccccc2C32c3ccccc3-c3ccccc32)c2ccc3c(c2)c2ccccc2n3-c2ccc(-c3ccc(-c4ccccc4-c4ccccc4-c4ccccc4)c(N(c4ccc5c(c4)-c4ccccc4C54c5ccccc5-c5ccccc54)c4cccc5c4oc4ccccc45)c3)cc2)cc1. The molecule has 23 aromatic rings. The number of fused-ring (bicyclic) bond motifs is 26. The second-order valence-corrected chi connectivity index (χ2v) is 35.4. The van der Waals surface area contributed by atoms with E-state index in [1.165, 1.54) is 106 Å². The van der Waals surface area contributed by atoms with Gasteiger partial charge in [-0.2, -0.15) is 0 Å². The van der Waals surface area contributed by atoms with E-state index in [2.05, 4.69) is 506 Å². The van der Waals surface area contributed by atoms with Crippen LogP contribution in [0.2, 0.25) is 0 Å². The molecule has 4 heteroatoms. The van der Waals surface area contributed by atoms with Gasteiger partial charge in [-0.1, -0.05) is 406 Å². The molecule has 0 aliphatic heterocycles. The van der Waals surface area contributed by atoms with Gasteiger partial charge in [0.1, 0.15) is 5.58 Å². The normalized spacial score (nSPS) is 13.0. The van der Waals surface area contributed by atoms with Crippen molar-refractivity contribution in [2.75, 3.05) is 9.80 Å². The summed E-state index contributed by atoms with van der Waals surface area (Å²) in [6.07, 6.45) is 0. The fourth-order valence-corrected chi connectivity index (χ4v) is 23.5. The van der Waals surface area contributed by atoms with E-state index in [1.807, 2.05) is 0 Å². The molecular weight excluding hydrogens is 1600 g/mol. The number of aromatic nitrogens is 1. The van der Waals surface area contributed by atoms with Gasteiger partial charge in [0, 0.05) is 55.4 Å². The predicted octanol–water partition coefficient (Wildman–Crippen LogP) is 34.0. The molecule has 0 atom stereocenters. The molecule has 132 heavy (non-hydrogen) atoms. The van der Waals surface area contributed by atoms with Crippen LogP contribution in [0.5, 0.6) is 0 Å². The molecule has 4 aliphatic carbocycles. The highest BCUT2D eigenvalue weighted by atomic mass is 16.3. The summed E-state index contributed by atoms with van der Waals surface area (Å²) in [6, 6.07) is 183. The van der Waals surface area contributed by atoms with Crippen molar-refractivity contribution in [3.63, 3.8) is 0 Å². The third kappa shape index (κ3) is 11.0. The minimum absolute atomic E-state index is 0.504. The van der Waals surface area contributed by atoms with Crippen LogP contribution in [0.15, 0.2) is 496 Å². The smallest absolute Gasteiger partial charge is 0.159 e. The van der Waals surface area contributed by atoms with Crippen LogP contribution < -0.4 is 9.80 Å². The maximum Gasteiger partial charge on any atom is 0.159 e. The van der Waals surface area contributed by atoms with Crippen LogP contribution in [0.4, 0.5) is 34.1 Å². The Kier molecular flexibility index (Phi) is 16.9. The Morgan fingerprint density at radius 1 is 0.174 bits per heavy atom. The van der Waals surface area contributed by atoms with E-state index in [-0.39, 0.29) is 0 Å². The number of nitrogens with zero attached hydrogens (tertiary/aromatic N) is 3. The van der Waals surface area contributed by atoms with Crippen LogP contribution in [0, 0.1) is 0 Å². The van der Waals surface area contributed by atoms with E-state index < -0.39 is 10.8 Å². The summed E-state index contributed by atoms with van der Waals surface area (Å²) in [5, 5.41) is 4.42. The van der Waals surface area contributed by atoms with Crippen molar-refractivity contribution >= 4 is 77.9 Å². The minimum Gasteiger partial charge on any atom is -0.454 e. The van der Waals surface area contributed by atoms with Crippen LogP contribution in [-0.4, -0.2) is 4.57 Å². The van der Waals surface area contributed by atoms with Crippen molar-refractivity contribution in [1.82, 2.24) is 4.57 Å². The summed E-state index contributed by atoms with van der Waals surface area (Å²) in [4.78, 5) is 5.04. The third-order valence-electron chi connectivity index (χ3n) is 28.9. The fourth-order valence-electron chi connectivity index (χ4n) is 23.5. The first kappa shape index (κ1) is 75.0. The van der Waals surface area contributed by atoms with Gasteiger partial charge in [-0.25, -0.2) is 0 Å². The summed E-state index contributed by atoms with van der Waals surface area (Å²) in [5.74, 6) is 0. The summed E-state index contributed by atoms with van der Waals surface area (Å²) in [7, 11) is 0. The first-order valence-electron chi connectivity index (χ1n) is 45.8. The van der Waals surface area contributed by atoms with E-state index >= 15 is 0 Å². The van der Waals surface area contributed by atoms with Crippen molar-refractivity contribution in [3.8, 4) is 128 Å². The van der Waals surface area contributed by atoms with Gasteiger partial charge < -0.3 is 18.8 Å². The highest BCUT2D eigenvalue weighted by Crippen LogP contribution is 2.66. The maximum atomic E-state index is 7.26. The van der Waals surface area contributed by atoms with Crippen molar-refractivity contribution in [2.45, 2.75) is 10.8 Å². The fraction of sp³-hybridized carbons (Fsp3) is 0.0156. The number of anilines is 6. The van der Waals surface area contributed by atoms with Gasteiger partial charge in [0.2, 0.25) is 0 Å². The Morgan fingerprint density at radius 2 is 0.515 bits per heavy atom. The van der Waals surface area contributed by atoms with Gasteiger partial charge in [0.05, 0.1) is 38.9 Å². The molecule has 0 bridgehead atoms. The molecule has 0 N–H and O–H groups in total. The molecule has 2 spiro atoms. The van der Waals surface area contributed by atoms with E-state index in [9.17, 15) is 0 Å². The van der Waals surface area contributed by atoms with Crippen LogP contribution in [-0.2, 0) is 10.8 Å². The predicted molar refractivity (Wildman–Crippen MR) is 548 cm³/mol. The summed E-state index contributed by atoms with van der Waals surface area (Å²) >= 11 is 0. The van der Waals surface area contributed by atoms with E-state index in [4.69, 9.17) is 4.42 Å². The highest BCUT2D eigenvalue weighted by Gasteiger charge is 2.54. The quantitative estimate of drug-likeness (QED) is 0.108. The lowest BCUT2D eigenvalue weighted by atomic mass is 9.70. The van der Waals surface area contributed by atoms with Crippen LogP contribution in [0.3, 0.4) is 0 Å². The number of hydrogen-bond donors (Lipinski definition) is 0.